The molecule has 1 heterocycles. The van der Waals surface area contributed by atoms with E-state index in [1.165, 1.54) is 24.8 Å². The minimum atomic E-state index is 0.138. The molecule has 1 aromatic carbocycles. The van der Waals surface area contributed by atoms with E-state index in [2.05, 4.69) is 43.0 Å². The number of hydrogen-bond acceptors (Lipinski definition) is 2. The van der Waals surface area contributed by atoms with Gasteiger partial charge < -0.3 is 5.73 Å². The van der Waals surface area contributed by atoms with Crippen molar-refractivity contribution < 1.29 is 0 Å². The Morgan fingerprint density at radius 1 is 1.18 bits per heavy atom. The van der Waals surface area contributed by atoms with Gasteiger partial charge in [-0.1, -0.05) is 36.8 Å². The summed E-state index contributed by atoms with van der Waals surface area (Å²) in [7, 11) is 0. The predicted octanol–water partition coefficient (Wildman–Crippen LogP) is 2.95. The molecule has 2 heteroatoms. The normalized spacial score (nSPS) is 27.9. The fourth-order valence-electron chi connectivity index (χ4n) is 2.87. The standard InChI is InChI=1S/C15H24N2/c1-12-7-6-8-13(2)17(12)11-15(16)14-9-4-3-5-10-14/h3-5,9-10,12-13,15H,6-8,11,16H2,1-2H3/t12-,13+,15?. The zero-order chi connectivity index (χ0) is 12.3. The molecule has 2 rings (SSSR count). The molecular weight excluding hydrogens is 208 g/mol. The molecule has 0 radical (unpaired) electrons. The fraction of sp³-hybridized carbons (Fsp3) is 0.600. The van der Waals surface area contributed by atoms with Gasteiger partial charge in [0.1, 0.15) is 0 Å². The second-order valence-corrected chi connectivity index (χ2v) is 5.34. The first-order valence-corrected chi connectivity index (χ1v) is 6.74. The third-order valence-corrected chi connectivity index (χ3v) is 4.01. The summed E-state index contributed by atoms with van der Waals surface area (Å²) in [5.41, 5.74) is 7.56. The number of nitrogens with two attached hydrogens (primary N) is 1. The van der Waals surface area contributed by atoms with Gasteiger partial charge in [-0.3, -0.25) is 4.90 Å². The van der Waals surface area contributed by atoms with Gasteiger partial charge >= 0.3 is 0 Å². The second kappa shape index (κ2) is 5.65. The molecule has 2 N–H and O–H groups in total. The van der Waals surface area contributed by atoms with Crippen LogP contribution in [0.4, 0.5) is 0 Å². The van der Waals surface area contributed by atoms with Crippen LogP contribution in [0, 0.1) is 0 Å². The first-order chi connectivity index (χ1) is 8.18. The Morgan fingerprint density at radius 3 is 2.35 bits per heavy atom. The number of nitrogens with zero attached hydrogens (tertiary/aromatic N) is 1. The average molecular weight is 232 g/mol. The van der Waals surface area contributed by atoms with Gasteiger partial charge in [0.2, 0.25) is 0 Å². The highest BCUT2D eigenvalue weighted by Crippen LogP contribution is 2.24. The maximum Gasteiger partial charge on any atom is 0.0424 e. The van der Waals surface area contributed by atoms with Crippen LogP contribution in [0.1, 0.15) is 44.7 Å². The molecular formula is C15H24N2. The van der Waals surface area contributed by atoms with Crippen molar-refractivity contribution in [2.24, 2.45) is 5.73 Å². The van der Waals surface area contributed by atoms with Crippen molar-refractivity contribution in [2.45, 2.75) is 51.2 Å². The molecule has 1 aromatic rings. The zero-order valence-corrected chi connectivity index (χ0v) is 11.0. The van der Waals surface area contributed by atoms with E-state index >= 15 is 0 Å². The quantitative estimate of drug-likeness (QED) is 0.868. The van der Waals surface area contributed by atoms with Crippen molar-refractivity contribution in [1.82, 2.24) is 4.90 Å². The van der Waals surface area contributed by atoms with Crippen molar-refractivity contribution in [2.75, 3.05) is 6.54 Å². The number of rotatable bonds is 3. The molecule has 1 fully saturated rings. The molecule has 1 aliphatic heterocycles. The van der Waals surface area contributed by atoms with E-state index < -0.39 is 0 Å². The van der Waals surface area contributed by atoms with Crippen LogP contribution in [0.25, 0.3) is 0 Å². The lowest BCUT2D eigenvalue weighted by atomic mass is 9.96. The number of likely N-dealkylation sites (tertiary alicyclic amines) is 1. The Labute approximate surface area is 105 Å². The SMILES string of the molecule is C[C@@H]1CCC[C@H](C)N1CC(N)c1ccccc1. The summed E-state index contributed by atoms with van der Waals surface area (Å²) in [6.45, 7) is 5.63. The summed E-state index contributed by atoms with van der Waals surface area (Å²) >= 11 is 0. The lowest BCUT2D eigenvalue weighted by molar-refractivity contribution is 0.0961. The summed E-state index contributed by atoms with van der Waals surface area (Å²) in [5.74, 6) is 0. The Balaban J connectivity index is 2.00. The third kappa shape index (κ3) is 3.08. The van der Waals surface area contributed by atoms with E-state index in [9.17, 15) is 0 Å². The maximum absolute atomic E-state index is 6.31. The molecule has 1 unspecified atom stereocenters. The number of benzene rings is 1. The molecule has 3 atom stereocenters. The van der Waals surface area contributed by atoms with Crippen LogP contribution in [0.5, 0.6) is 0 Å². The lowest BCUT2D eigenvalue weighted by Crippen LogP contribution is -2.46. The van der Waals surface area contributed by atoms with Crippen LogP contribution < -0.4 is 5.73 Å². The number of piperidine rings is 1. The van der Waals surface area contributed by atoms with E-state index in [4.69, 9.17) is 5.73 Å². The second-order valence-electron chi connectivity index (χ2n) is 5.34. The van der Waals surface area contributed by atoms with E-state index in [0.717, 1.165) is 6.54 Å². The molecule has 0 amide bonds. The average Bonchev–Trinajstić information content (AvgIpc) is 2.35. The first kappa shape index (κ1) is 12.6. The number of hydrogen-bond donors (Lipinski definition) is 1. The summed E-state index contributed by atoms with van der Waals surface area (Å²) in [4.78, 5) is 2.57. The monoisotopic (exact) mass is 232 g/mol. The van der Waals surface area contributed by atoms with Crippen LogP contribution in [0.15, 0.2) is 30.3 Å². The Bertz CT molecular complexity index is 326. The minimum absolute atomic E-state index is 0.138. The lowest BCUT2D eigenvalue weighted by Gasteiger charge is -2.40. The zero-order valence-electron chi connectivity index (χ0n) is 11.0. The largest absolute Gasteiger partial charge is 0.323 e. The third-order valence-electron chi connectivity index (χ3n) is 4.01. The van der Waals surface area contributed by atoms with Crippen molar-refractivity contribution in [1.29, 1.82) is 0 Å². The topological polar surface area (TPSA) is 29.3 Å². The van der Waals surface area contributed by atoms with Gasteiger partial charge in [-0.2, -0.15) is 0 Å². The summed E-state index contributed by atoms with van der Waals surface area (Å²) in [6, 6.07) is 11.9. The summed E-state index contributed by atoms with van der Waals surface area (Å²) < 4.78 is 0. The molecule has 0 aliphatic carbocycles. The molecule has 1 aliphatic rings. The Kier molecular flexibility index (Phi) is 4.19. The molecule has 0 saturated carbocycles. The molecule has 0 spiro atoms. The molecule has 94 valence electrons. The predicted molar refractivity (Wildman–Crippen MR) is 72.9 cm³/mol. The highest BCUT2D eigenvalue weighted by molar-refractivity contribution is 5.18. The van der Waals surface area contributed by atoms with Gasteiger partial charge in [0, 0.05) is 24.7 Å². The van der Waals surface area contributed by atoms with E-state index in [0.29, 0.717) is 12.1 Å². The summed E-state index contributed by atoms with van der Waals surface area (Å²) in [6.07, 6.45) is 3.98. The molecule has 0 aromatic heterocycles. The van der Waals surface area contributed by atoms with Crippen LogP contribution in [0.3, 0.4) is 0 Å². The Hall–Kier alpha value is -0.860. The van der Waals surface area contributed by atoms with E-state index in [1.807, 2.05) is 6.07 Å². The van der Waals surface area contributed by atoms with Crippen LogP contribution in [-0.4, -0.2) is 23.5 Å². The van der Waals surface area contributed by atoms with Gasteiger partial charge in [-0.15, -0.1) is 0 Å². The van der Waals surface area contributed by atoms with Crippen molar-refractivity contribution in [3.63, 3.8) is 0 Å². The van der Waals surface area contributed by atoms with Gasteiger partial charge in [0.25, 0.3) is 0 Å². The van der Waals surface area contributed by atoms with E-state index in [1.54, 1.807) is 0 Å². The van der Waals surface area contributed by atoms with Gasteiger partial charge in [-0.25, -0.2) is 0 Å². The highest BCUT2D eigenvalue weighted by atomic mass is 15.2. The summed E-state index contributed by atoms with van der Waals surface area (Å²) in [5, 5.41) is 0. The van der Waals surface area contributed by atoms with Crippen LogP contribution >= 0.6 is 0 Å². The van der Waals surface area contributed by atoms with Crippen LogP contribution in [0.2, 0.25) is 0 Å². The molecule has 17 heavy (non-hydrogen) atoms. The highest BCUT2D eigenvalue weighted by Gasteiger charge is 2.26. The maximum atomic E-state index is 6.31. The first-order valence-electron chi connectivity index (χ1n) is 6.74. The fourth-order valence-corrected chi connectivity index (χ4v) is 2.87. The minimum Gasteiger partial charge on any atom is -0.323 e. The molecule has 2 nitrogen and oxygen atoms in total. The van der Waals surface area contributed by atoms with Crippen molar-refractivity contribution in [3.8, 4) is 0 Å². The van der Waals surface area contributed by atoms with Crippen molar-refractivity contribution in [3.05, 3.63) is 35.9 Å². The van der Waals surface area contributed by atoms with Gasteiger partial charge in [-0.05, 0) is 32.3 Å². The van der Waals surface area contributed by atoms with Gasteiger partial charge in [0.15, 0.2) is 0 Å². The molecule has 0 bridgehead atoms. The smallest absolute Gasteiger partial charge is 0.0424 e. The van der Waals surface area contributed by atoms with Crippen molar-refractivity contribution >= 4 is 0 Å². The molecule has 1 saturated heterocycles. The van der Waals surface area contributed by atoms with E-state index in [-0.39, 0.29) is 6.04 Å². The van der Waals surface area contributed by atoms with Crippen LogP contribution in [-0.2, 0) is 0 Å². The van der Waals surface area contributed by atoms with Gasteiger partial charge in [0.05, 0.1) is 0 Å². The Morgan fingerprint density at radius 2 is 1.76 bits per heavy atom.